The second-order valence-electron chi connectivity index (χ2n) is 7.38. The van der Waals surface area contributed by atoms with Crippen LogP contribution in [0.4, 0.5) is 15.0 Å². The number of carbonyl (C=O) groups is 1. The molecule has 3 heterocycles. The van der Waals surface area contributed by atoms with E-state index in [0.29, 0.717) is 11.7 Å². The molecule has 0 radical (unpaired) electrons. The fourth-order valence-corrected chi connectivity index (χ4v) is 3.89. The van der Waals surface area contributed by atoms with Crippen LogP contribution in [-0.4, -0.2) is 35.2 Å². The molecule has 3 aromatic rings. The zero-order valence-corrected chi connectivity index (χ0v) is 16.3. The Labute approximate surface area is 173 Å². The van der Waals surface area contributed by atoms with Crippen molar-refractivity contribution in [1.29, 1.82) is 0 Å². The molecule has 0 aliphatic carbocycles. The van der Waals surface area contributed by atoms with Crippen LogP contribution < -0.4 is 10.2 Å². The maximum absolute atomic E-state index is 15.0. The zero-order chi connectivity index (χ0) is 20.5. The van der Waals surface area contributed by atoms with E-state index in [2.05, 4.69) is 10.3 Å². The minimum atomic E-state index is -0.725. The number of hydrogen-bond acceptors (Lipinski definition) is 4. The number of rotatable bonds is 4. The summed E-state index contributed by atoms with van der Waals surface area (Å²) in [6.07, 6.45) is 2.51. The highest BCUT2D eigenvalue weighted by molar-refractivity contribution is 5.97. The lowest BCUT2D eigenvalue weighted by atomic mass is 10.1. The number of hydrogen-bond donors (Lipinski definition) is 1. The maximum atomic E-state index is 15.0. The molecule has 30 heavy (non-hydrogen) atoms. The van der Waals surface area contributed by atoms with Crippen molar-refractivity contribution in [3.63, 3.8) is 0 Å². The van der Waals surface area contributed by atoms with Crippen molar-refractivity contribution in [3.05, 3.63) is 72.7 Å². The summed E-state index contributed by atoms with van der Waals surface area (Å²) in [5.41, 5.74) is 1.53. The molecular formula is C23H21FN4O2. The van der Waals surface area contributed by atoms with Crippen LogP contribution in [0.25, 0.3) is 22.8 Å². The molecular weight excluding hydrogens is 383 g/mol. The van der Waals surface area contributed by atoms with Gasteiger partial charge in [-0.3, -0.25) is 4.90 Å². The molecule has 5 rings (SSSR count). The number of aromatic nitrogens is 1. The first-order valence-electron chi connectivity index (χ1n) is 10.0. The molecule has 6 nitrogen and oxygen atoms in total. The predicted octanol–water partition coefficient (Wildman–Crippen LogP) is 4.77. The molecule has 1 saturated heterocycles. The van der Waals surface area contributed by atoms with E-state index in [4.69, 9.17) is 4.42 Å². The summed E-state index contributed by atoms with van der Waals surface area (Å²) in [5, 5.41) is 2.77. The highest BCUT2D eigenvalue weighted by atomic mass is 19.1. The van der Waals surface area contributed by atoms with Crippen molar-refractivity contribution >= 4 is 11.8 Å². The highest BCUT2D eigenvalue weighted by Gasteiger charge is 2.36. The average molecular weight is 404 g/mol. The quantitative estimate of drug-likeness (QED) is 0.680. The van der Waals surface area contributed by atoms with Crippen molar-refractivity contribution < 1.29 is 13.6 Å². The third-order valence-electron chi connectivity index (χ3n) is 5.39. The summed E-state index contributed by atoms with van der Waals surface area (Å²) in [6.45, 7) is 1.53. The van der Waals surface area contributed by atoms with Gasteiger partial charge in [-0.25, -0.2) is 14.1 Å². The van der Waals surface area contributed by atoms with Crippen molar-refractivity contribution in [2.75, 3.05) is 18.0 Å². The Morgan fingerprint density at radius 2 is 1.60 bits per heavy atom. The van der Waals surface area contributed by atoms with Gasteiger partial charge in [0.05, 0.1) is 6.20 Å². The van der Waals surface area contributed by atoms with Crippen molar-refractivity contribution in [2.24, 2.45) is 0 Å². The summed E-state index contributed by atoms with van der Waals surface area (Å²) in [6, 6.07) is 18.4. The minimum Gasteiger partial charge on any atom is -0.434 e. The van der Waals surface area contributed by atoms with Crippen molar-refractivity contribution in [3.8, 4) is 22.8 Å². The van der Waals surface area contributed by atoms with E-state index < -0.39 is 18.0 Å². The van der Waals surface area contributed by atoms with E-state index in [1.54, 1.807) is 0 Å². The van der Waals surface area contributed by atoms with Gasteiger partial charge in [0.2, 0.25) is 5.89 Å². The van der Waals surface area contributed by atoms with Crippen LogP contribution in [0.3, 0.4) is 0 Å². The summed E-state index contributed by atoms with van der Waals surface area (Å²) in [4.78, 5) is 20.6. The van der Waals surface area contributed by atoms with E-state index in [-0.39, 0.29) is 5.82 Å². The molecule has 2 amide bonds. The molecule has 0 unspecified atom stereocenters. The molecule has 1 aromatic heterocycles. The van der Waals surface area contributed by atoms with Crippen LogP contribution >= 0.6 is 0 Å². The van der Waals surface area contributed by atoms with Gasteiger partial charge in [0, 0.05) is 24.2 Å². The number of anilines is 1. The normalized spacial score (nSPS) is 19.6. The molecule has 2 aromatic carbocycles. The lowest BCUT2D eigenvalue weighted by Crippen LogP contribution is -2.54. The molecule has 0 spiro atoms. The number of nitrogens with zero attached hydrogens (tertiary/aromatic N) is 3. The highest BCUT2D eigenvalue weighted by Crippen LogP contribution is 2.37. The Bertz CT molecular complexity index is 1080. The van der Waals surface area contributed by atoms with Gasteiger partial charge in [0.25, 0.3) is 0 Å². The van der Waals surface area contributed by atoms with Gasteiger partial charge in [-0.1, -0.05) is 48.5 Å². The molecule has 1 N–H and O–H groups in total. The lowest BCUT2D eigenvalue weighted by molar-refractivity contribution is 0.192. The van der Waals surface area contributed by atoms with Crippen LogP contribution in [0.1, 0.15) is 12.8 Å². The Balaban J connectivity index is 1.57. The Kier molecular flexibility index (Phi) is 4.80. The standard InChI is InChI=1S/C23H21FN4O2/c24-18-15-28(23(29)26-20(18)27-13-7-8-14-27)21-19(16-9-3-1-4-10-16)30-22(25-21)17-11-5-2-6-12-17/h1-6,9-12,15,20H,7-8,13-14H2,(H,26,29)/t20-/m1/s1. The predicted molar refractivity (Wildman–Crippen MR) is 112 cm³/mol. The number of oxazole rings is 1. The van der Waals surface area contributed by atoms with Crippen LogP contribution in [0, 0.1) is 0 Å². The topological polar surface area (TPSA) is 61.6 Å². The lowest BCUT2D eigenvalue weighted by Gasteiger charge is -2.33. The molecule has 1 atom stereocenters. The van der Waals surface area contributed by atoms with E-state index >= 15 is 0 Å². The molecule has 2 aliphatic rings. The number of likely N-dealkylation sites (tertiary alicyclic amines) is 1. The first-order chi connectivity index (χ1) is 14.7. The number of carbonyl (C=O) groups excluding carboxylic acids is 1. The Hall–Kier alpha value is -3.45. The second kappa shape index (κ2) is 7.76. The number of nitrogens with one attached hydrogen (secondary N) is 1. The summed E-state index contributed by atoms with van der Waals surface area (Å²) >= 11 is 0. The third kappa shape index (κ3) is 3.37. The van der Waals surface area contributed by atoms with Crippen LogP contribution in [0.15, 0.2) is 77.1 Å². The van der Waals surface area contributed by atoms with Gasteiger partial charge in [0.1, 0.15) is 6.17 Å². The molecule has 152 valence electrons. The molecule has 2 aliphatic heterocycles. The third-order valence-corrected chi connectivity index (χ3v) is 5.39. The Morgan fingerprint density at radius 1 is 0.967 bits per heavy atom. The van der Waals surface area contributed by atoms with Crippen molar-refractivity contribution in [2.45, 2.75) is 19.0 Å². The van der Waals surface area contributed by atoms with Crippen LogP contribution in [0.2, 0.25) is 0 Å². The number of urea groups is 1. The maximum Gasteiger partial charge on any atom is 0.328 e. The number of amides is 2. The van der Waals surface area contributed by atoms with E-state index in [0.717, 1.165) is 37.1 Å². The number of halogens is 1. The SMILES string of the molecule is O=C1N[C@H](N2CCCC2)C(F)=CN1c1nc(-c2ccccc2)oc1-c1ccccc1. The molecule has 0 bridgehead atoms. The fraction of sp³-hybridized carbons (Fsp3) is 0.217. The monoisotopic (exact) mass is 404 g/mol. The number of benzene rings is 2. The largest absolute Gasteiger partial charge is 0.434 e. The van der Waals surface area contributed by atoms with E-state index in [1.165, 1.54) is 11.1 Å². The van der Waals surface area contributed by atoms with Gasteiger partial charge in [0.15, 0.2) is 17.4 Å². The van der Waals surface area contributed by atoms with E-state index in [1.807, 2.05) is 65.6 Å². The van der Waals surface area contributed by atoms with Crippen molar-refractivity contribution in [1.82, 2.24) is 15.2 Å². The van der Waals surface area contributed by atoms with Gasteiger partial charge < -0.3 is 9.73 Å². The summed E-state index contributed by atoms with van der Waals surface area (Å²) in [7, 11) is 0. The molecule has 0 saturated carbocycles. The first-order valence-corrected chi connectivity index (χ1v) is 10.0. The van der Waals surface area contributed by atoms with Gasteiger partial charge >= 0.3 is 6.03 Å². The van der Waals surface area contributed by atoms with Gasteiger partial charge in [-0.2, -0.15) is 4.98 Å². The molecule has 1 fully saturated rings. The molecule has 7 heteroatoms. The first kappa shape index (κ1) is 18.6. The Morgan fingerprint density at radius 3 is 2.27 bits per heavy atom. The van der Waals surface area contributed by atoms with E-state index in [9.17, 15) is 9.18 Å². The fourth-order valence-electron chi connectivity index (χ4n) is 3.89. The summed E-state index contributed by atoms with van der Waals surface area (Å²) < 4.78 is 21.0. The van der Waals surface area contributed by atoms with Gasteiger partial charge in [-0.05, 0) is 25.0 Å². The van der Waals surface area contributed by atoms with Crippen LogP contribution in [-0.2, 0) is 0 Å². The average Bonchev–Trinajstić information content (AvgIpc) is 3.47. The second-order valence-corrected chi connectivity index (χ2v) is 7.38. The zero-order valence-electron chi connectivity index (χ0n) is 16.3. The van der Waals surface area contributed by atoms with Gasteiger partial charge in [-0.15, -0.1) is 0 Å². The summed E-state index contributed by atoms with van der Waals surface area (Å²) in [5.74, 6) is 0.619. The minimum absolute atomic E-state index is 0.257. The van der Waals surface area contributed by atoms with Crippen LogP contribution in [0.5, 0.6) is 0 Å². The smallest absolute Gasteiger partial charge is 0.328 e.